The van der Waals surface area contributed by atoms with Crippen molar-refractivity contribution in [2.75, 3.05) is 6.61 Å². The maximum Gasteiger partial charge on any atom is 0.276 e. The van der Waals surface area contributed by atoms with E-state index in [2.05, 4.69) is 20.9 Å². The topological polar surface area (TPSA) is 98.1 Å². The largest absolute Gasteiger partial charge is 0.483 e. The summed E-state index contributed by atoms with van der Waals surface area (Å²) in [7, 11) is 0. The molecular weight excluding hydrogens is 358 g/mol. The van der Waals surface area contributed by atoms with Crippen molar-refractivity contribution in [2.24, 2.45) is 0 Å². The van der Waals surface area contributed by atoms with Gasteiger partial charge in [-0.25, -0.2) is 9.67 Å². The molecule has 3 rings (SSSR count). The molecule has 0 saturated heterocycles. The third-order valence-corrected chi connectivity index (χ3v) is 4.06. The molecule has 2 N–H and O–H groups in total. The van der Waals surface area contributed by atoms with E-state index in [1.54, 1.807) is 23.1 Å². The number of hydrazine groups is 1. The van der Waals surface area contributed by atoms with Gasteiger partial charge in [0.1, 0.15) is 18.4 Å². The molecule has 0 aliphatic carbocycles. The molecule has 0 bridgehead atoms. The van der Waals surface area contributed by atoms with Gasteiger partial charge in [-0.1, -0.05) is 37.3 Å². The summed E-state index contributed by atoms with van der Waals surface area (Å²) in [6.07, 6.45) is 3.90. The Labute approximate surface area is 162 Å². The summed E-state index contributed by atoms with van der Waals surface area (Å²) in [6.45, 7) is 2.39. The summed E-state index contributed by atoms with van der Waals surface area (Å²) in [5.41, 5.74) is 7.17. The van der Waals surface area contributed by atoms with Gasteiger partial charge in [0.25, 0.3) is 11.8 Å². The van der Waals surface area contributed by atoms with E-state index in [1.165, 1.54) is 6.33 Å². The second-order valence-electron chi connectivity index (χ2n) is 6.04. The predicted molar refractivity (Wildman–Crippen MR) is 102 cm³/mol. The lowest BCUT2D eigenvalue weighted by Gasteiger charge is -2.11. The highest BCUT2D eigenvalue weighted by atomic mass is 16.5. The number of carbonyl (C=O) groups excluding carboxylic acids is 2. The second-order valence-corrected chi connectivity index (χ2v) is 6.04. The number of hydrogen-bond donors (Lipinski definition) is 2. The first-order chi connectivity index (χ1) is 13.7. The van der Waals surface area contributed by atoms with Crippen LogP contribution < -0.4 is 15.6 Å². The number of nitrogens with zero attached hydrogens (tertiary/aromatic N) is 3. The van der Waals surface area contributed by atoms with Crippen LogP contribution in [0.4, 0.5) is 0 Å². The van der Waals surface area contributed by atoms with Crippen LogP contribution in [-0.2, 0) is 17.8 Å². The van der Waals surface area contributed by atoms with E-state index in [-0.39, 0.29) is 6.61 Å². The highest BCUT2D eigenvalue weighted by Crippen LogP contribution is 2.17. The minimum Gasteiger partial charge on any atom is -0.483 e. The van der Waals surface area contributed by atoms with Crippen molar-refractivity contribution in [1.82, 2.24) is 25.6 Å². The highest BCUT2D eigenvalue weighted by molar-refractivity contribution is 5.95. The molecule has 8 heteroatoms. The lowest BCUT2D eigenvalue weighted by Crippen LogP contribution is -2.43. The van der Waals surface area contributed by atoms with Crippen LogP contribution in [0.5, 0.6) is 5.75 Å². The smallest absolute Gasteiger partial charge is 0.276 e. The molecule has 0 unspecified atom stereocenters. The van der Waals surface area contributed by atoms with Gasteiger partial charge >= 0.3 is 0 Å². The molecule has 0 aliphatic rings. The summed E-state index contributed by atoms with van der Waals surface area (Å²) in [5.74, 6) is -0.189. The highest BCUT2D eigenvalue weighted by Gasteiger charge is 2.09. The van der Waals surface area contributed by atoms with Gasteiger partial charge in [0.15, 0.2) is 6.61 Å². The zero-order chi connectivity index (χ0) is 19.8. The molecule has 1 heterocycles. The van der Waals surface area contributed by atoms with Crippen molar-refractivity contribution in [3.05, 3.63) is 77.9 Å². The Morgan fingerprint density at radius 3 is 2.57 bits per heavy atom. The third-order valence-electron chi connectivity index (χ3n) is 4.06. The minimum absolute atomic E-state index is 0.186. The number of carbonyl (C=O) groups is 2. The van der Waals surface area contributed by atoms with Crippen LogP contribution in [0.2, 0.25) is 0 Å². The van der Waals surface area contributed by atoms with Gasteiger partial charge in [0.2, 0.25) is 0 Å². The average molecular weight is 379 g/mol. The molecule has 0 fully saturated rings. The molecule has 2 amide bonds. The fourth-order valence-corrected chi connectivity index (χ4v) is 2.58. The number of ether oxygens (including phenoxy) is 1. The number of amides is 2. The maximum atomic E-state index is 12.2. The van der Waals surface area contributed by atoms with Crippen molar-refractivity contribution in [3.8, 4) is 5.75 Å². The van der Waals surface area contributed by atoms with Crippen molar-refractivity contribution in [2.45, 2.75) is 19.9 Å². The zero-order valence-electron chi connectivity index (χ0n) is 15.5. The fourth-order valence-electron chi connectivity index (χ4n) is 2.58. The van der Waals surface area contributed by atoms with Crippen molar-refractivity contribution < 1.29 is 14.3 Å². The molecule has 8 nitrogen and oxygen atoms in total. The van der Waals surface area contributed by atoms with E-state index in [0.717, 1.165) is 17.5 Å². The molecule has 0 spiro atoms. The quantitative estimate of drug-likeness (QED) is 0.609. The fraction of sp³-hybridized carbons (Fsp3) is 0.200. The first kappa shape index (κ1) is 19.1. The van der Waals surface area contributed by atoms with Crippen LogP contribution >= 0.6 is 0 Å². The standard InChI is InChI=1S/C20H21N5O3/c1-2-16-5-3-4-6-18(16)28-12-19(26)23-24-20(27)17-9-7-15(8-10-17)11-25-14-21-13-22-25/h3-10,13-14H,2,11-12H2,1H3,(H,23,26)(H,24,27). The number of aryl methyl sites for hydroxylation is 1. The van der Waals surface area contributed by atoms with Gasteiger partial charge in [-0.05, 0) is 35.7 Å². The second kappa shape index (κ2) is 9.31. The van der Waals surface area contributed by atoms with Crippen molar-refractivity contribution >= 4 is 11.8 Å². The summed E-state index contributed by atoms with van der Waals surface area (Å²) in [5, 5.41) is 4.03. The molecule has 2 aromatic carbocycles. The molecule has 3 aromatic rings. The Hall–Kier alpha value is -3.68. The van der Waals surface area contributed by atoms with E-state index in [1.807, 2.05) is 43.3 Å². The summed E-state index contributed by atoms with van der Waals surface area (Å²) < 4.78 is 7.20. The first-order valence-corrected chi connectivity index (χ1v) is 8.87. The summed E-state index contributed by atoms with van der Waals surface area (Å²) >= 11 is 0. The van der Waals surface area contributed by atoms with E-state index in [4.69, 9.17) is 4.74 Å². The maximum absolute atomic E-state index is 12.2. The molecular formula is C20H21N5O3. The predicted octanol–water partition coefficient (Wildman–Crippen LogP) is 1.73. The van der Waals surface area contributed by atoms with E-state index in [0.29, 0.717) is 17.9 Å². The van der Waals surface area contributed by atoms with E-state index >= 15 is 0 Å². The third kappa shape index (κ3) is 5.16. The van der Waals surface area contributed by atoms with E-state index < -0.39 is 11.8 Å². The Kier molecular flexibility index (Phi) is 6.35. The monoisotopic (exact) mass is 379 g/mol. The van der Waals surface area contributed by atoms with Gasteiger partial charge in [-0.3, -0.25) is 20.4 Å². The number of aromatic nitrogens is 3. The number of benzene rings is 2. The van der Waals surface area contributed by atoms with Crippen LogP contribution in [0, 0.1) is 0 Å². The average Bonchev–Trinajstić information content (AvgIpc) is 3.24. The molecule has 28 heavy (non-hydrogen) atoms. The van der Waals surface area contributed by atoms with Crippen LogP contribution in [0.15, 0.2) is 61.2 Å². The van der Waals surface area contributed by atoms with E-state index in [9.17, 15) is 9.59 Å². The lowest BCUT2D eigenvalue weighted by molar-refractivity contribution is -0.123. The van der Waals surface area contributed by atoms with Gasteiger partial charge in [-0.15, -0.1) is 0 Å². The number of para-hydroxylation sites is 1. The molecule has 1 aromatic heterocycles. The molecule has 0 radical (unpaired) electrons. The van der Waals surface area contributed by atoms with Gasteiger partial charge in [0.05, 0.1) is 6.54 Å². The van der Waals surface area contributed by atoms with Crippen molar-refractivity contribution in [3.63, 3.8) is 0 Å². The van der Waals surface area contributed by atoms with Crippen LogP contribution in [0.25, 0.3) is 0 Å². The van der Waals surface area contributed by atoms with Gasteiger partial charge in [-0.2, -0.15) is 5.10 Å². The molecule has 0 aliphatic heterocycles. The lowest BCUT2D eigenvalue weighted by atomic mass is 10.1. The minimum atomic E-state index is -0.443. The Bertz CT molecular complexity index is 923. The summed E-state index contributed by atoms with van der Waals surface area (Å²) in [6, 6.07) is 14.5. The zero-order valence-corrected chi connectivity index (χ0v) is 15.5. The van der Waals surface area contributed by atoms with Gasteiger partial charge in [0, 0.05) is 5.56 Å². The SMILES string of the molecule is CCc1ccccc1OCC(=O)NNC(=O)c1ccc(Cn2cncn2)cc1. The van der Waals surface area contributed by atoms with Gasteiger partial charge < -0.3 is 4.74 Å². The summed E-state index contributed by atoms with van der Waals surface area (Å²) in [4.78, 5) is 28.0. The number of nitrogens with one attached hydrogen (secondary N) is 2. The molecule has 144 valence electrons. The Morgan fingerprint density at radius 2 is 1.86 bits per heavy atom. The first-order valence-electron chi connectivity index (χ1n) is 8.87. The Balaban J connectivity index is 1.46. The van der Waals surface area contributed by atoms with Crippen LogP contribution in [0.3, 0.4) is 0 Å². The normalized spacial score (nSPS) is 10.3. The number of rotatable bonds is 7. The Morgan fingerprint density at radius 1 is 1.07 bits per heavy atom. The molecule has 0 atom stereocenters. The van der Waals surface area contributed by atoms with Crippen LogP contribution in [-0.4, -0.2) is 33.2 Å². The van der Waals surface area contributed by atoms with Crippen molar-refractivity contribution in [1.29, 1.82) is 0 Å². The van der Waals surface area contributed by atoms with Crippen LogP contribution in [0.1, 0.15) is 28.4 Å². The number of hydrogen-bond acceptors (Lipinski definition) is 5. The molecule has 0 saturated carbocycles.